The van der Waals surface area contributed by atoms with Crippen molar-refractivity contribution in [2.75, 3.05) is 31.1 Å². The van der Waals surface area contributed by atoms with Crippen molar-refractivity contribution in [1.82, 2.24) is 14.3 Å². The van der Waals surface area contributed by atoms with E-state index in [0.717, 1.165) is 22.6 Å². The van der Waals surface area contributed by atoms with Crippen LogP contribution in [0.25, 0.3) is 10.2 Å². The van der Waals surface area contributed by atoms with E-state index in [-0.39, 0.29) is 4.90 Å². The lowest BCUT2D eigenvalue weighted by atomic mass is 10.2. The first kappa shape index (κ1) is 20.2. The summed E-state index contributed by atoms with van der Waals surface area (Å²) in [6.45, 7) is 8.09. The summed E-state index contributed by atoms with van der Waals surface area (Å²) in [6.07, 6.45) is 0.688. The first-order valence-electron chi connectivity index (χ1n) is 9.52. The third-order valence-electron chi connectivity index (χ3n) is 5.33. The molecule has 6 nitrogen and oxygen atoms in total. The molecule has 0 atom stereocenters. The average Bonchev–Trinajstić information content (AvgIpc) is 2.86. The summed E-state index contributed by atoms with van der Waals surface area (Å²) in [5.74, 6) is 1.15. The number of aryl methyl sites for hydroxylation is 3. The normalized spacial score (nSPS) is 16.3. The number of fused-ring (bicyclic) bond motifs is 1. The highest BCUT2D eigenvalue weighted by Gasteiger charge is 2.28. The maximum absolute atomic E-state index is 13.2. The summed E-state index contributed by atoms with van der Waals surface area (Å²) in [5.41, 5.74) is 1.18. The maximum atomic E-state index is 13.2. The van der Waals surface area contributed by atoms with Gasteiger partial charge in [-0.15, -0.1) is 11.3 Å². The summed E-state index contributed by atoms with van der Waals surface area (Å²) in [5, 5.41) is 1.06. The Kier molecular flexibility index (Phi) is 5.30. The van der Waals surface area contributed by atoms with Crippen molar-refractivity contribution in [3.8, 4) is 0 Å². The monoisotopic (exact) mass is 434 g/mol. The number of aromatic nitrogens is 2. The van der Waals surface area contributed by atoms with Crippen molar-refractivity contribution in [3.63, 3.8) is 0 Å². The number of hydrogen-bond donors (Lipinski definition) is 0. The second-order valence-electron chi connectivity index (χ2n) is 7.26. The minimum atomic E-state index is -3.65. The summed E-state index contributed by atoms with van der Waals surface area (Å²) in [4.78, 5) is 13.8. The second kappa shape index (κ2) is 7.62. The summed E-state index contributed by atoms with van der Waals surface area (Å²) in [7, 11) is -3.65. The highest BCUT2D eigenvalue weighted by Crippen LogP contribution is 2.35. The molecular formula is C20H23FN4O2S2. The van der Waals surface area contributed by atoms with E-state index in [1.54, 1.807) is 11.3 Å². The quantitative estimate of drug-likeness (QED) is 0.629. The zero-order chi connectivity index (χ0) is 20.8. The first-order chi connectivity index (χ1) is 13.8. The zero-order valence-electron chi connectivity index (χ0n) is 16.6. The molecule has 1 aliphatic rings. The van der Waals surface area contributed by atoms with E-state index in [4.69, 9.17) is 4.98 Å². The van der Waals surface area contributed by atoms with E-state index in [0.29, 0.717) is 31.9 Å². The van der Waals surface area contributed by atoms with E-state index in [9.17, 15) is 12.8 Å². The minimum Gasteiger partial charge on any atom is -0.355 e. The topological polar surface area (TPSA) is 66.4 Å². The van der Waals surface area contributed by atoms with E-state index in [2.05, 4.69) is 23.7 Å². The highest BCUT2D eigenvalue weighted by atomic mass is 32.2. The number of rotatable bonds is 3. The van der Waals surface area contributed by atoms with Crippen LogP contribution in [0.2, 0.25) is 0 Å². The molecule has 0 aliphatic carbocycles. The molecule has 1 aliphatic heterocycles. The standard InChI is InChI=1S/C20H23FN4O2S2/c1-13-14(2)28-20-18(13)19(22-15(3)23-20)24-9-4-10-25(12-11-24)29(26,27)17-7-5-16(21)6-8-17/h5-8H,4,9-12H2,1-3H3. The lowest BCUT2D eigenvalue weighted by Crippen LogP contribution is -2.35. The molecule has 2 aromatic heterocycles. The van der Waals surface area contributed by atoms with E-state index in [1.165, 1.54) is 39.0 Å². The van der Waals surface area contributed by atoms with Gasteiger partial charge in [0, 0.05) is 31.1 Å². The molecule has 1 fully saturated rings. The molecule has 154 valence electrons. The van der Waals surface area contributed by atoms with Gasteiger partial charge in [0.1, 0.15) is 22.3 Å². The third kappa shape index (κ3) is 3.74. The molecule has 0 radical (unpaired) electrons. The van der Waals surface area contributed by atoms with Crippen LogP contribution in [0.3, 0.4) is 0 Å². The number of benzene rings is 1. The maximum Gasteiger partial charge on any atom is 0.243 e. The van der Waals surface area contributed by atoms with Crippen LogP contribution >= 0.6 is 11.3 Å². The smallest absolute Gasteiger partial charge is 0.243 e. The van der Waals surface area contributed by atoms with Crippen molar-refractivity contribution in [2.24, 2.45) is 0 Å². The average molecular weight is 435 g/mol. The number of halogens is 1. The molecular weight excluding hydrogens is 411 g/mol. The predicted octanol–water partition coefficient (Wildman–Crippen LogP) is 3.66. The Hall–Kier alpha value is -2.10. The van der Waals surface area contributed by atoms with Crippen LogP contribution in [0.4, 0.5) is 10.2 Å². The van der Waals surface area contributed by atoms with Crippen molar-refractivity contribution >= 4 is 37.4 Å². The minimum absolute atomic E-state index is 0.122. The number of nitrogens with zero attached hydrogens (tertiary/aromatic N) is 4. The second-order valence-corrected chi connectivity index (χ2v) is 10.4. The number of hydrogen-bond acceptors (Lipinski definition) is 6. The lowest BCUT2D eigenvalue weighted by Gasteiger charge is -2.23. The van der Waals surface area contributed by atoms with Crippen LogP contribution in [0.1, 0.15) is 22.7 Å². The van der Waals surface area contributed by atoms with Crippen molar-refractivity contribution in [1.29, 1.82) is 0 Å². The number of sulfonamides is 1. The van der Waals surface area contributed by atoms with Crippen molar-refractivity contribution in [2.45, 2.75) is 32.1 Å². The van der Waals surface area contributed by atoms with Gasteiger partial charge in [-0.05, 0) is 57.0 Å². The molecule has 3 aromatic rings. The molecule has 0 saturated carbocycles. The van der Waals surface area contributed by atoms with Crippen molar-refractivity contribution in [3.05, 3.63) is 46.3 Å². The van der Waals surface area contributed by atoms with Gasteiger partial charge in [0.25, 0.3) is 0 Å². The number of anilines is 1. The molecule has 0 unspecified atom stereocenters. The summed E-state index contributed by atoms with van der Waals surface area (Å²) in [6, 6.07) is 5.00. The Bertz CT molecular complexity index is 1160. The fraction of sp³-hybridized carbons (Fsp3) is 0.400. The zero-order valence-corrected chi connectivity index (χ0v) is 18.3. The fourth-order valence-corrected chi connectivity index (χ4v) is 6.20. The Morgan fingerprint density at radius 2 is 1.72 bits per heavy atom. The summed E-state index contributed by atoms with van der Waals surface area (Å²) >= 11 is 1.66. The van der Waals surface area contributed by atoms with Crippen LogP contribution in [0.5, 0.6) is 0 Å². The summed E-state index contributed by atoms with van der Waals surface area (Å²) < 4.78 is 40.6. The van der Waals surface area contributed by atoms with Gasteiger partial charge in [-0.2, -0.15) is 4.31 Å². The predicted molar refractivity (Wildman–Crippen MR) is 114 cm³/mol. The Morgan fingerprint density at radius 3 is 2.45 bits per heavy atom. The van der Waals surface area contributed by atoms with Crippen LogP contribution in [-0.2, 0) is 10.0 Å². The SMILES string of the molecule is Cc1nc(N2CCCN(S(=O)(=O)c3ccc(F)cc3)CC2)c2c(C)c(C)sc2n1. The number of thiophene rings is 1. The van der Waals surface area contributed by atoms with Crippen LogP contribution in [0, 0.1) is 26.6 Å². The molecule has 0 spiro atoms. The van der Waals surface area contributed by atoms with E-state index in [1.807, 2.05) is 6.92 Å². The van der Waals surface area contributed by atoms with Crippen LogP contribution in [-0.4, -0.2) is 48.9 Å². The van der Waals surface area contributed by atoms with Gasteiger partial charge >= 0.3 is 0 Å². The molecule has 4 rings (SSSR count). The van der Waals surface area contributed by atoms with Gasteiger partial charge in [-0.1, -0.05) is 0 Å². The highest BCUT2D eigenvalue weighted by molar-refractivity contribution is 7.89. The van der Waals surface area contributed by atoms with Crippen LogP contribution in [0.15, 0.2) is 29.2 Å². The molecule has 9 heteroatoms. The third-order valence-corrected chi connectivity index (χ3v) is 8.34. The van der Waals surface area contributed by atoms with E-state index >= 15 is 0 Å². The molecule has 1 saturated heterocycles. The lowest BCUT2D eigenvalue weighted by molar-refractivity contribution is 0.433. The van der Waals surface area contributed by atoms with Gasteiger partial charge in [0.05, 0.1) is 10.3 Å². The van der Waals surface area contributed by atoms with Gasteiger partial charge in [0.15, 0.2) is 0 Å². The Balaban J connectivity index is 1.63. The molecule has 29 heavy (non-hydrogen) atoms. The van der Waals surface area contributed by atoms with Crippen molar-refractivity contribution < 1.29 is 12.8 Å². The van der Waals surface area contributed by atoms with E-state index < -0.39 is 15.8 Å². The van der Waals surface area contributed by atoms with Gasteiger partial charge in [0.2, 0.25) is 10.0 Å². The van der Waals surface area contributed by atoms with Gasteiger partial charge < -0.3 is 4.90 Å². The first-order valence-corrected chi connectivity index (χ1v) is 11.8. The molecule has 0 bridgehead atoms. The van der Waals surface area contributed by atoms with Gasteiger partial charge in [-0.3, -0.25) is 0 Å². The molecule has 3 heterocycles. The Morgan fingerprint density at radius 1 is 1.00 bits per heavy atom. The molecule has 0 N–H and O–H groups in total. The molecule has 0 amide bonds. The van der Waals surface area contributed by atoms with Gasteiger partial charge in [-0.25, -0.2) is 22.8 Å². The largest absolute Gasteiger partial charge is 0.355 e. The Labute approximate surface area is 174 Å². The molecule has 1 aromatic carbocycles. The fourth-order valence-electron chi connectivity index (χ4n) is 3.66. The van der Waals surface area contributed by atoms with Crippen LogP contribution < -0.4 is 4.90 Å².